The molecule has 0 spiro atoms. The van der Waals surface area contributed by atoms with Crippen molar-refractivity contribution in [1.29, 1.82) is 0 Å². The number of H-pyrrole nitrogens is 1. The molecule has 29 heavy (non-hydrogen) atoms. The molecule has 150 valence electrons. The van der Waals surface area contributed by atoms with Gasteiger partial charge in [-0.25, -0.2) is 9.97 Å². The van der Waals surface area contributed by atoms with Gasteiger partial charge in [-0.05, 0) is 37.1 Å². The van der Waals surface area contributed by atoms with Gasteiger partial charge in [-0.15, -0.1) is 0 Å². The summed E-state index contributed by atoms with van der Waals surface area (Å²) in [6.07, 6.45) is 1.69. The summed E-state index contributed by atoms with van der Waals surface area (Å²) in [7, 11) is 0. The van der Waals surface area contributed by atoms with Crippen molar-refractivity contribution in [2.45, 2.75) is 25.5 Å². The highest BCUT2D eigenvalue weighted by molar-refractivity contribution is 6.34. The number of aromatic nitrogens is 3. The molecule has 1 aliphatic rings. The van der Waals surface area contributed by atoms with Crippen molar-refractivity contribution in [3.05, 3.63) is 68.4 Å². The third-order valence-corrected chi connectivity index (χ3v) is 5.27. The molecule has 0 unspecified atom stereocenters. The summed E-state index contributed by atoms with van der Waals surface area (Å²) in [6, 6.07) is 10.1. The summed E-state index contributed by atoms with van der Waals surface area (Å²) in [6.45, 7) is 1.08. The lowest BCUT2D eigenvalue weighted by Gasteiger charge is -2.25. The van der Waals surface area contributed by atoms with Crippen LogP contribution in [0.15, 0.2) is 41.2 Å². The van der Waals surface area contributed by atoms with Gasteiger partial charge in [0.2, 0.25) is 0 Å². The van der Waals surface area contributed by atoms with Gasteiger partial charge in [-0.1, -0.05) is 35.3 Å². The summed E-state index contributed by atoms with van der Waals surface area (Å²) < 4.78 is 5.69. The Labute approximate surface area is 176 Å². The Balaban J connectivity index is 1.68. The molecule has 1 amide bonds. The molecule has 0 bridgehead atoms. The molecule has 3 heterocycles. The molecule has 0 radical (unpaired) electrons. The number of nitrogens with zero attached hydrogens (tertiary/aromatic N) is 3. The van der Waals surface area contributed by atoms with Gasteiger partial charge in [0.25, 0.3) is 11.5 Å². The number of aromatic amines is 1. The molecule has 1 aliphatic heterocycles. The number of carbonyl (C=O) groups excluding carboxylic acids is 1. The van der Waals surface area contributed by atoms with E-state index in [1.165, 1.54) is 17.0 Å². The van der Waals surface area contributed by atoms with E-state index in [2.05, 4.69) is 15.0 Å². The molecule has 9 heteroatoms. The van der Waals surface area contributed by atoms with Crippen LogP contribution in [-0.2, 0) is 11.3 Å². The highest BCUT2D eigenvalue weighted by Gasteiger charge is 2.26. The van der Waals surface area contributed by atoms with Crippen molar-refractivity contribution < 1.29 is 9.53 Å². The average Bonchev–Trinajstić information content (AvgIpc) is 3.22. The number of hydrogen-bond donors (Lipinski definition) is 1. The number of hydrogen-bond acceptors (Lipinski definition) is 5. The molecule has 4 rings (SSSR count). The number of halogens is 2. The first-order valence-corrected chi connectivity index (χ1v) is 9.98. The van der Waals surface area contributed by atoms with Crippen LogP contribution in [0.5, 0.6) is 0 Å². The summed E-state index contributed by atoms with van der Waals surface area (Å²) >= 11 is 12.1. The van der Waals surface area contributed by atoms with E-state index >= 15 is 0 Å². The van der Waals surface area contributed by atoms with Crippen LogP contribution in [0, 0.1) is 0 Å². The molecule has 0 saturated carbocycles. The molecule has 7 nitrogen and oxygen atoms in total. The van der Waals surface area contributed by atoms with E-state index in [0.717, 1.165) is 12.8 Å². The summed E-state index contributed by atoms with van der Waals surface area (Å²) in [5, 5.41) is 0.872. The number of para-hydroxylation sites is 1. The van der Waals surface area contributed by atoms with Gasteiger partial charge in [0, 0.05) is 13.2 Å². The summed E-state index contributed by atoms with van der Waals surface area (Å²) in [4.78, 5) is 38.5. The molecule has 1 atom stereocenters. The second-order valence-electron chi connectivity index (χ2n) is 6.81. The Hall–Kier alpha value is -2.48. The number of pyridine rings is 1. The van der Waals surface area contributed by atoms with Gasteiger partial charge >= 0.3 is 0 Å². The van der Waals surface area contributed by atoms with Crippen molar-refractivity contribution in [2.24, 2.45) is 0 Å². The first-order chi connectivity index (χ1) is 14.0. The summed E-state index contributed by atoms with van der Waals surface area (Å²) in [5.74, 6) is -0.0259. The van der Waals surface area contributed by atoms with Crippen LogP contribution in [0.25, 0.3) is 10.9 Å². The Morgan fingerprint density at radius 3 is 2.83 bits per heavy atom. The van der Waals surface area contributed by atoms with Gasteiger partial charge in [-0.2, -0.15) is 0 Å². The van der Waals surface area contributed by atoms with E-state index in [0.29, 0.717) is 29.9 Å². The zero-order valence-electron chi connectivity index (χ0n) is 15.4. The fourth-order valence-corrected chi connectivity index (χ4v) is 3.70. The molecular weight excluding hydrogens is 415 g/mol. The molecular formula is C20H18Cl2N4O3. The number of nitrogens with one attached hydrogen (secondary N) is 1. The van der Waals surface area contributed by atoms with Crippen LogP contribution in [0.2, 0.25) is 10.2 Å². The Morgan fingerprint density at radius 1 is 1.21 bits per heavy atom. The monoisotopic (exact) mass is 432 g/mol. The second kappa shape index (κ2) is 8.49. The average molecular weight is 433 g/mol. The molecule has 3 aromatic rings. The Kier molecular flexibility index (Phi) is 5.80. The zero-order chi connectivity index (χ0) is 20.4. The van der Waals surface area contributed by atoms with Crippen molar-refractivity contribution in [2.75, 3.05) is 13.2 Å². The predicted molar refractivity (Wildman–Crippen MR) is 110 cm³/mol. The van der Waals surface area contributed by atoms with Gasteiger partial charge in [0.05, 0.1) is 28.6 Å². The van der Waals surface area contributed by atoms with Gasteiger partial charge < -0.3 is 14.6 Å². The van der Waals surface area contributed by atoms with Crippen LogP contribution in [-0.4, -0.2) is 45.0 Å². The fourth-order valence-electron chi connectivity index (χ4n) is 3.36. The SMILES string of the molecule is O=C(c1nc(Cl)ccc1Cl)N(Cc1nc2ccccc2c(=O)[nH]1)C[C@@H]1CCCO1. The third kappa shape index (κ3) is 4.42. The minimum atomic E-state index is -0.399. The minimum Gasteiger partial charge on any atom is -0.376 e. The minimum absolute atomic E-state index is 0.0558. The fraction of sp³-hybridized carbons (Fsp3) is 0.300. The van der Waals surface area contributed by atoms with E-state index in [4.69, 9.17) is 27.9 Å². The highest BCUT2D eigenvalue weighted by Crippen LogP contribution is 2.21. The van der Waals surface area contributed by atoms with Crippen molar-refractivity contribution >= 4 is 40.0 Å². The molecule has 1 saturated heterocycles. The normalized spacial score (nSPS) is 16.3. The van der Waals surface area contributed by atoms with Gasteiger partial charge in [0.1, 0.15) is 16.7 Å². The smallest absolute Gasteiger partial charge is 0.274 e. The first-order valence-electron chi connectivity index (χ1n) is 9.22. The number of amides is 1. The molecule has 1 N–H and O–H groups in total. The topological polar surface area (TPSA) is 88.2 Å². The van der Waals surface area contributed by atoms with E-state index in [1.54, 1.807) is 18.2 Å². The van der Waals surface area contributed by atoms with Crippen LogP contribution >= 0.6 is 23.2 Å². The standard InChI is InChI=1S/C20H18Cl2N4O3/c21-14-7-8-16(22)24-18(14)20(28)26(10-12-4-3-9-29-12)11-17-23-15-6-2-1-5-13(15)19(27)25-17/h1-2,5-8,12H,3-4,9-11H2,(H,23,25,27)/t12-/m0/s1. The van der Waals surface area contributed by atoms with Gasteiger partial charge in [0.15, 0.2) is 0 Å². The third-order valence-electron chi connectivity index (χ3n) is 4.75. The van der Waals surface area contributed by atoms with Gasteiger partial charge in [-0.3, -0.25) is 9.59 Å². The lowest BCUT2D eigenvalue weighted by atomic mass is 10.2. The lowest BCUT2D eigenvalue weighted by molar-refractivity contribution is 0.0497. The Morgan fingerprint density at radius 2 is 2.03 bits per heavy atom. The first kappa shape index (κ1) is 19.8. The maximum atomic E-state index is 13.2. The second-order valence-corrected chi connectivity index (χ2v) is 7.61. The van der Waals surface area contributed by atoms with Crippen molar-refractivity contribution in [3.8, 4) is 0 Å². The predicted octanol–water partition coefficient (Wildman–Crippen LogP) is 3.45. The number of benzene rings is 1. The molecule has 0 aliphatic carbocycles. The van der Waals surface area contributed by atoms with E-state index in [1.807, 2.05) is 6.07 Å². The van der Waals surface area contributed by atoms with Crippen molar-refractivity contribution in [3.63, 3.8) is 0 Å². The zero-order valence-corrected chi connectivity index (χ0v) is 16.9. The van der Waals surface area contributed by atoms with Crippen LogP contribution < -0.4 is 5.56 Å². The number of fused-ring (bicyclic) bond motifs is 1. The van der Waals surface area contributed by atoms with E-state index in [9.17, 15) is 9.59 Å². The van der Waals surface area contributed by atoms with E-state index < -0.39 is 5.91 Å². The summed E-state index contributed by atoms with van der Waals surface area (Å²) in [5.41, 5.74) is 0.365. The molecule has 1 fully saturated rings. The van der Waals surface area contributed by atoms with Crippen LogP contribution in [0.4, 0.5) is 0 Å². The number of carbonyl (C=O) groups is 1. The van der Waals surface area contributed by atoms with E-state index in [-0.39, 0.29) is 34.1 Å². The molecule has 1 aromatic carbocycles. The largest absolute Gasteiger partial charge is 0.376 e. The highest BCUT2D eigenvalue weighted by atomic mass is 35.5. The number of ether oxygens (including phenoxy) is 1. The lowest BCUT2D eigenvalue weighted by Crippen LogP contribution is -2.38. The maximum Gasteiger partial charge on any atom is 0.274 e. The molecule has 2 aromatic heterocycles. The van der Waals surface area contributed by atoms with Crippen molar-refractivity contribution in [1.82, 2.24) is 19.9 Å². The number of rotatable bonds is 5. The Bertz CT molecular complexity index is 1110. The maximum absolute atomic E-state index is 13.2. The van der Waals surface area contributed by atoms with Crippen LogP contribution in [0.1, 0.15) is 29.2 Å². The quantitative estimate of drug-likeness (QED) is 0.623. The van der Waals surface area contributed by atoms with Crippen LogP contribution in [0.3, 0.4) is 0 Å².